The molecule has 1 amide bonds. The number of aliphatic carboxylic acids is 1. The first-order valence-electron chi connectivity index (χ1n) is 4.40. The molecule has 0 saturated heterocycles. The van der Waals surface area contributed by atoms with Crippen molar-refractivity contribution in [2.45, 2.75) is 18.6 Å². The average molecular weight is 242 g/mol. The van der Waals surface area contributed by atoms with Crippen molar-refractivity contribution < 1.29 is 27.9 Å². The first-order chi connectivity index (χ1) is 7.14. The van der Waals surface area contributed by atoms with Crippen LogP contribution in [0.1, 0.15) is 6.42 Å². The van der Waals surface area contributed by atoms with Crippen molar-refractivity contribution in [1.29, 1.82) is 0 Å². The van der Waals surface area contributed by atoms with Crippen LogP contribution in [0, 0.1) is 0 Å². The molecule has 0 radical (unpaired) electrons. The Kier molecular flexibility index (Phi) is 5.22. The molecule has 0 aliphatic heterocycles. The van der Waals surface area contributed by atoms with Gasteiger partial charge in [-0.15, -0.1) is 0 Å². The zero-order chi connectivity index (χ0) is 12.9. The molecular weight excluding hydrogens is 229 g/mol. The molecule has 0 fully saturated rings. The Morgan fingerprint density at radius 2 is 1.88 bits per heavy atom. The van der Waals surface area contributed by atoms with Crippen LogP contribution in [0.4, 0.5) is 13.2 Å². The van der Waals surface area contributed by atoms with Gasteiger partial charge < -0.3 is 15.3 Å². The Morgan fingerprint density at radius 3 is 2.19 bits per heavy atom. The number of halogens is 3. The van der Waals surface area contributed by atoms with E-state index >= 15 is 0 Å². The largest absolute Gasteiger partial charge is 0.480 e. The SMILES string of the molecule is CN(C)CC[C@H](NC(=O)C(F)(F)F)C(=O)O. The van der Waals surface area contributed by atoms with E-state index in [1.165, 1.54) is 5.32 Å². The molecule has 0 aromatic rings. The highest BCUT2D eigenvalue weighted by Gasteiger charge is 2.40. The van der Waals surface area contributed by atoms with Gasteiger partial charge in [0.15, 0.2) is 0 Å². The summed E-state index contributed by atoms with van der Waals surface area (Å²) < 4.78 is 35.6. The Morgan fingerprint density at radius 1 is 1.38 bits per heavy atom. The minimum absolute atomic E-state index is 0.0931. The summed E-state index contributed by atoms with van der Waals surface area (Å²) in [6, 6.07) is -1.53. The Labute approximate surface area is 90.2 Å². The van der Waals surface area contributed by atoms with E-state index < -0.39 is 24.1 Å². The van der Waals surface area contributed by atoms with E-state index in [0.29, 0.717) is 0 Å². The van der Waals surface area contributed by atoms with Crippen molar-refractivity contribution in [2.75, 3.05) is 20.6 Å². The number of rotatable bonds is 5. The second-order valence-electron chi connectivity index (χ2n) is 3.45. The summed E-state index contributed by atoms with van der Waals surface area (Å²) in [4.78, 5) is 22.7. The molecule has 94 valence electrons. The van der Waals surface area contributed by atoms with E-state index in [1.807, 2.05) is 0 Å². The Hall–Kier alpha value is -1.31. The van der Waals surface area contributed by atoms with Gasteiger partial charge in [-0.05, 0) is 20.5 Å². The zero-order valence-corrected chi connectivity index (χ0v) is 8.84. The van der Waals surface area contributed by atoms with Gasteiger partial charge in [0.05, 0.1) is 0 Å². The number of nitrogens with zero attached hydrogens (tertiary/aromatic N) is 1. The summed E-state index contributed by atoms with van der Waals surface area (Å²) in [5.74, 6) is -3.72. The molecule has 0 spiro atoms. The van der Waals surface area contributed by atoms with Gasteiger partial charge in [0.1, 0.15) is 6.04 Å². The standard InChI is InChI=1S/C8H13F3N2O3/c1-13(2)4-3-5(6(14)15)12-7(16)8(9,10)11/h5H,3-4H2,1-2H3,(H,12,16)(H,14,15)/t5-/m0/s1. The van der Waals surface area contributed by atoms with Gasteiger partial charge in [-0.2, -0.15) is 13.2 Å². The number of amides is 1. The molecule has 0 aliphatic rings. The maximum absolute atomic E-state index is 11.9. The fourth-order valence-electron chi connectivity index (χ4n) is 0.885. The quantitative estimate of drug-likeness (QED) is 0.715. The Bertz CT molecular complexity index is 266. The van der Waals surface area contributed by atoms with Crippen LogP contribution in [0.25, 0.3) is 0 Å². The van der Waals surface area contributed by atoms with Crippen LogP contribution in [0.15, 0.2) is 0 Å². The fraction of sp³-hybridized carbons (Fsp3) is 0.750. The van der Waals surface area contributed by atoms with Crippen molar-refractivity contribution in [2.24, 2.45) is 0 Å². The van der Waals surface area contributed by atoms with Crippen LogP contribution in [0.3, 0.4) is 0 Å². The monoisotopic (exact) mass is 242 g/mol. The second-order valence-corrected chi connectivity index (χ2v) is 3.45. The average Bonchev–Trinajstić information content (AvgIpc) is 2.09. The normalized spacial score (nSPS) is 13.6. The van der Waals surface area contributed by atoms with E-state index in [-0.39, 0.29) is 13.0 Å². The van der Waals surface area contributed by atoms with Gasteiger partial charge in [-0.3, -0.25) is 4.79 Å². The van der Waals surface area contributed by atoms with Crippen molar-refractivity contribution in [3.8, 4) is 0 Å². The summed E-state index contributed by atoms with van der Waals surface area (Å²) in [5, 5.41) is 10.0. The minimum atomic E-state index is -5.06. The van der Waals surface area contributed by atoms with Crippen LogP contribution in [-0.2, 0) is 9.59 Å². The molecule has 2 N–H and O–H groups in total. The van der Waals surface area contributed by atoms with Gasteiger partial charge in [0.25, 0.3) is 0 Å². The first-order valence-corrected chi connectivity index (χ1v) is 4.40. The van der Waals surface area contributed by atoms with Crippen LogP contribution >= 0.6 is 0 Å². The lowest BCUT2D eigenvalue weighted by Crippen LogP contribution is -2.47. The molecule has 0 aliphatic carbocycles. The topological polar surface area (TPSA) is 69.6 Å². The van der Waals surface area contributed by atoms with E-state index in [0.717, 1.165) is 0 Å². The molecule has 0 saturated carbocycles. The molecule has 0 heterocycles. The van der Waals surface area contributed by atoms with E-state index in [1.54, 1.807) is 19.0 Å². The van der Waals surface area contributed by atoms with Crippen LogP contribution in [0.2, 0.25) is 0 Å². The number of carbonyl (C=O) groups excluding carboxylic acids is 1. The molecule has 0 aromatic heterocycles. The molecule has 0 unspecified atom stereocenters. The predicted octanol–water partition coefficient (Wildman–Crippen LogP) is 0.0698. The van der Waals surface area contributed by atoms with Crippen LogP contribution < -0.4 is 5.32 Å². The molecule has 0 aromatic carbocycles. The fourth-order valence-corrected chi connectivity index (χ4v) is 0.885. The predicted molar refractivity (Wildman–Crippen MR) is 48.8 cm³/mol. The Balaban J connectivity index is 4.35. The molecule has 8 heteroatoms. The minimum Gasteiger partial charge on any atom is -0.480 e. The maximum Gasteiger partial charge on any atom is 0.471 e. The van der Waals surface area contributed by atoms with Gasteiger partial charge in [-0.1, -0.05) is 0 Å². The number of carboxylic acid groups (broad SMARTS) is 1. The van der Waals surface area contributed by atoms with Crippen LogP contribution in [-0.4, -0.2) is 54.7 Å². The zero-order valence-electron chi connectivity index (χ0n) is 8.84. The molecular formula is C8H13F3N2O3. The van der Waals surface area contributed by atoms with Gasteiger partial charge in [-0.25, -0.2) is 4.79 Å². The molecule has 0 rings (SSSR count). The van der Waals surface area contributed by atoms with Gasteiger partial charge >= 0.3 is 18.1 Å². The number of alkyl halides is 3. The van der Waals surface area contributed by atoms with E-state index in [4.69, 9.17) is 5.11 Å². The van der Waals surface area contributed by atoms with E-state index in [2.05, 4.69) is 0 Å². The lowest BCUT2D eigenvalue weighted by molar-refractivity contribution is -0.175. The molecule has 0 bridgehead atoms. The summed E-state index contributed by atoms with van der Waals surface area (Å²) >= 11 is 0. The lowest BCUT2D eigenvalue weighted by atomic mass is 10.2. The highest BCUT2D eigenvalue weighted by Crippen LogP contribution is 2.14. The smallest absolute Gasteiger partial charge is 0.471 e. The van der Waals surface area contributed by atoms with Gasteiger partial charge in [0, 0.05) is 6.54 Å². The summed E-state index contributed by atoms with van der Waals surface area (Å²) in [5.41, 5.74) is 0. The number of carboxylic acids is 1. The van der Waals surface area contributed by atoms with Crippen molar-refractivity contribution in [3.63, 3.8) is 0 Å². The molecule has 5 nitrogen and oxygen atoms in total. The maximum atomic E-state index is 11.9. The summed E-state index contributed by atoms with van der Waals surface area (Å²) in [7, 11) is 3.29. The molecule has 16 heavy (non-hydrogen) atoms. The third-order valence-corrected chi connectivity index (χ3v) is 1.73. The summed E-state index contributed by atoms with van der Waals surface area (Å²) in [6.07, 6.45) is -5.16. The summed E-state index contributed by atoms with van der Waals surface area (Å²) in [6.45, 7) is 0.259. The second kappa shape index (κ2) is 5.69. The lowest BCUT2D eigenvalue weighted by Gasteiger charge is -2.17. The van der Waals surface area contributed by atoms with E-state index in [9.17, 15) is 22.8 Å². The first kappa shape index (κ1) is 14.7. The number of hydrogen-bond acceptors (Lipinski definition) is 3. The number of nitrogens with one attached hydrogen (secondary N) is 1. The highest BCUT2D eigenvalue weighted by molar-refractivity contribution is 5.86. The highest BCUT2D eigenvalue weighted by atomic mass is 19.4. The van der Waals surface area contributed by atoms with Gasteiger partial charge in [0.2, 0.25) is 0 Å². The van der Waals surface area contributed by atoms with Crippen molar-refractivity contribution >= 4 is 11.9 Å². The third kappa shape index (κ3) is 5.54. The van der Waals surface area contributed by atoms with Crippen molar-refractivity contribution in [3.05, 3.63) is 0 Å². The number of hydrogen-bond donors (Lipinski definition) is 2. The third-order valence-electron chi connectivity index (χ3n) is 1.73. The van der Waals surface area contributed by atoms with Crippen LogP contribution in [0.5, 0.6) is 0 Å². The number of carbonyl (C=O) groups is 2. The molecule has 1 atom stereocenters. The van der Waals surface area contributed by atoms with Crippen molar-refractivity contribution in [1.82, 2.24) is 10.2 Å².